The normalized spacial score (nSPS) is 15.7. The number of rotatable bonds is 31. The van der Waals surface area contributed by atoms with Gasteiger partial charge >= 0.3 is 6.03 Å². The first-order valence-corrected chi connectivity index (χ1v) is 29.3. The van der Waals surface area contributed by atoms with E-state index < -0.39 is 44.8 Å². The van der Waals surface area contributed by atoms with E-state index in [1.807, 2.05) is 37.8 Å². The van der Waals surface area contributed by atoms with Crippen molar-refractivity contribution in [1.29, 1.82) is 0 Å². The van der Waals surface area contributed by atoms with Gasteiger partial charge in [-0.05, 0) is 107 Å². The van der Waals surface area contributed by atoms with E-state index in [1.165, 1.54) is 12.3 Å². The second-order valence-electron chi connectivity index (χ2n) is 20.0. The van der Waals surface area contributed by atoms with E-state index in [2.05, 4.69) is 41.9 Å². The fourth-order valence-electron chi connectivity index (χ4n) is 9.31. The van der Waals surface area contributed by atoms with Gasteiger partial charge in [0.05, 0.1) is 118 Å². The number of urea groups is 1. The molecule has 444 valence electrons. The third kappa shape index (κ3) is 17.0. The van der Waals surface area contributed by atoms with Crippen LogP contribution in [0, 0.1) is 6.92 Å². The molecule has 0 bridgehead atoms. The number of hydrogen-bond acceptors (Lipinski definition) is 19. The van der Waals surface area contributed by atoms with Crippen LogP contribution < -0.4 is 36.6 Å². The summed E-state index contributed by atoms with van der Waals surface area (Å²) in [6.45, 7) is 14.3. The zero-order valence-electron chi connectivity index (χ0n) is 46.8. The van der Waals surface area contributed by atoms with E-state index >= 15 is 0 Å². The van der Waals surface area contributed by atoms with Crippen LogP contribution in [0.1, 0.15) is 91.1 Å². The molecule has 7 rings (SSSR count). The maximum absolute atomic E-state index is 13.2. The lowest BCUT2D eigenvalue weighted by atomic mass is 9.86. The molecule has 2 saturated heterocycles. The molecule has 1 aromatic heterocycles. The Kier molecular flexibility index (Phi) is 23.2. The number of anilines is 5. The van der Waals surface area contributed by atoms with Crippen molar-refractivity contribution in [2.24, 2.45) is 0 Å². The van der Waals surface area contributed by atoms with Crippen molar-refractivity contribution in [2.45, 2.75) is 88.5 Å². The summed E-state index contributed by atoms with van der Waals surface area (Å²) >= 11 is 6.51. The number of halogens is 1. The number of hydrogen-bond donors (Lipinski definition) is 6. The molecule has 6 N–H and O–H groups in total. The molecule has 0 saturated carbocycles. The van der Waals surface area contributed by atoms with Gasteiger partial charge in [0.1, 0.15) is 16.8 Å². The first kappa shape index (κ1) is 62.6. The molecule has 3 aliphatic rings. The Labute approximate surface area is 482 Å². The first-order chi connectivity index (χ1) is 39.4. The number of carbonyl (C=O) groups excluding carboxylic acids is 6. The van der Waals surface area contributed by atoms with Gasteiger partial charge in [0, 0.05) is 38.3 Å². The standard InChI is InChI=1S/C56H73ClN10O14S/c1-35(2)81-46-32-40(37(5)31-44(46)63-55-61-33-41(57)51(65-55)62-42-10-6-7-12-47(42)82(74,75)36(3)4)38-15-19-66(20-16-38)56(73)59-18-22-77-24-26-79-28-30-80-29-27-78-25-23-76-21-17-58-49(69)34-60-43-11-8-9-39-50(43)54(72)67(53(39)71)45-13-14-48(68)64-52(45)70/h6-12,31-33,35-36,38,45,60H,13-30,34H2,1-5H3,(H,58,69)(H,59,73)(H,64,68,70)(H2,61,62,63,65). The van der Waals surface area contributed by atoms with E-state index in [0.717, 1.165) is 28.9 Å². The molecule has 82 heavy (non-hydrogen) atoms. The summed E-state index contributed by atoms with van der Waals surface area (Å²) in [5.41, 5.74) is 3.63. The van der Waals surface area contributed by atoms with E-state index in [-0.39, 0.29) is 95.0 Å². The second kappa shape index (κ2) is 30.3. The molecule has 4 heterocycles. The fourth-order valence-corrected chi connectivity index (χ4v) is 10.6. The summed E-state index contributed by atoms with van der Waals surface area (Å²) < 4.78 is 60.3. The highest BCUT2D eigenvalue weighted by Crippen LogP contribution is 2.39. The van der Waals surface area contributed by atoms with Gasteiger partial charge in [0.2, 0.25) is 23.7 Å². The minimum atomic E-state index is -3.60. The van der Waals surface area contributed by atoms with Gasteiger partial charge in [0.15, 0.2) is 15.7 Å². The zero-order valence-corrected chi connectivity index (χ0v) is 48.4. The molecule has 1 atom stereocenters. The summed E-state index contributed by atoms with van der Waals surface area (Å²) in [4.78, 5) is 87.6. The van der Waals surface area contributed by atoms with Crippen molar-refractivity contribution >= 4 is 85.8 Å². The van der Waals surface area contributed by atoms with Gasteiger partial charge in [-0.3, -0.25) is 34.2 Å². The van der Waals surface area contributed by atoms with Gasteiger partial charge < -0.3 is 59.9 Å². The summed E-state index contributed by atoms with van der Waals surface area (Å²) in [6.07, 6.45) is 2.91. The number of para-hydroxylation sites is 1. The Bertz CT molecular complexity index is 3020. The van der Waals surface area contributed by atoms with Crippen molar-refractivity contribution in [2.75, 3.05) is 115 Å². The van der Waals surface area contributed by atoms with E-state index in [0.29, 0.717) is 96.2 Å². The first-order valence-electron chi connectivity index (χ1n) is 27.4. The minimum Gasteiger partial charge on any atom is -0.489 e. The average molecular weight is 1180 g/mol. The number of likely N-dealkylation sites (tertiary alicyclic amines) is 1. The van der Waals surface area contributed by atoms with Gasteiger partial charge in [-0.1, -0.05) is 29.8 Å². The highest BCUT2D eigenvalue weighted by atomic mass is 35.5. The van der Waals surface area contributed by atoms with Crippen LogP contribution in [0.3, 0.4) is 0 Å². The number of imide groups is 2. The molecule has 0 aliphatic carbocycles. The van der Waals surface area contributed by atoms with Crippen LogP contribution in [0.25, 0.3) is 0 Å². The maximum atomic E-state index is 13.2. The van der Waals surface area contributed by atoms with Crippen LogP contribution >= 0.6 is 11.6 Å². The number of amides is 7. The molecular weight excluding hydrogens is 1100 g/mol. The van der Waals surface area contributed by atoms with Crippen LogP contribution in [0.2, 0.25) is 5.02 Å². The third-order valence-electron chi connectivity index (χ3n) is 13.5. The smallest absolute Gasteiger partial charge is 0.317 e. The summed E-state index contributed by atoms with van der Waals surface area (Å²) in [5.74, 6) is -1.53. The zero-order chi connectivity index (χ0) is 58.8. The van der Waals surface area contributed by atoms with Crippen LogP contribution in [0.4, 0.5) is 33.6 Å². The predicted octanol–water partition coefficient (Wildman–Crippen LogP) is 5.50. The summed E-state index contributed by atoms with van der Waals surface area (Å²) in [7, 11) is -3.60. The highest BCUT2D eigenvalue weighted by molar-refractivity contribution is 7.92. The Balaban J connectivity index is 0.691. The average Bonchev–Trinajstić information content (AvgIpc) is 3.98. The Morgan fingerprint density at radius 3 is 2.01 bits per heavy atom. The van der Waals surface area contributed by atoms with Gasteiger partial charge in [-0.15, -0.1) is 0 Å². The molecule has 1 unspecified atom stereocenters. The fraction of sp³-hybridized carbons (Fsp3) is 0.500. The number of benzene rings is 3. The number of carbonyl (C=O) groups is 6. The van der Waals surface area contributed by atoms with Crippen molar-refractivity contribution in [3.05, 3.63) is 88.1 Å². The largest absolute Gasteiger partial charge is 0.489 e. The molecule has 26 heteroatoms. The van der Waals surface area contributed by atoms with Crippen LogP contribution in [0.15, 0.2) is 65.7 Å². The number of nitrogens with zero attached hydrogens (tertiary/aromatic N) is 4. The molecule has 3 aromatic carbocycles. The third-order valence-corrected chi connectivity index (χ3v) is 16.0. The van der Waals surface area contributed by atoms with Crippen LogP contribution in [0.5, 0.6) is 5.75 Å². The SMILES string of the molecule is Cc1cc(Nc2ncc(Cl)c(Nc3ccccc3S(=O)(=O)C(C)C)n2)c(OC(C)C)cc1C1CCN(C(=O)NCCOCCOCCOCCOCCOCCNC(=O)CNc2cccc3c2C(=O)N(C2CCC(=O)NC2=O)C3=O)CC1. The highest BCUT2D eigenvalue weighted by Gasteiger charge is 2.45. The van der Waals surface area contributed by atoms with E-state index in [9.17, 15) is 37.2 Å². The van der Waals surface area contributed by atoms with Crippen LogP contribution in [-0.2, 0) is 47.9 Å². The number of aryl methyl sites for hydroxylation is 1. The van der Waals surface area contributed by atoms with Crippen molar-refractivity contribution in [1.82, 2.24) is 35.7 Å². The number of piperidine rings is 2. The monoisotopic (exact) mass is 1180 g/mol. The van der Waals surface area contributed by atoms with Gasteiger partial charge in [-0.25, -0.2) is 18.2 Å². The number of aromatic nitrogens is 2. The predicted molar refractivity (Wildman–Crippen MR) is 305 cm³/mol. The molecule has 0 radical (unpaired) electrons. The summed E-state index contributed by atoms with van der Waals surface area (Å²) in [6, 6.07) is 14.1. The van der Waals surface area contributed by atoms with Gasteiger partial charge in [0.25, 0.3) is 11.8 Å². The Hall–Kier alpha value is -7.00. The lowest BCUT2D eigenvalue weighted by molar-refractivity contribution is -0.136. The van der Waals surface area contributed by atoms with Gasteiger partial charge in [-0.2, -0.15) is 4.98 Å². The Morgan fingerprint density at radius 2 is 1.38 bits per heavy atom. The topological polar surface area (TPSA) is 296 Å². The van der Waals surface area contributed by atoms with Crippen molar-refractivity contribution in [3.8, 4) is 5.75 Å². The van der Waals surface area contributed by atoms with Crippen molar-refractivity contribution < 1.29 is 65.6 Å². The molecule has 0 spiro atoms. The molecule has 24 nitrogen and oxygen atoms in total. The number of nitrogens with one attached hydrogen (secondary N) is 6. The van der Waals surface area contributed by atoms with E-state index in [1.54, 1.807) is 50.2 Å². The lowest BCUT2D eigenvalue weighted by Gasteiger charge is -2.33. The number of ether oxygens (including phenoxy) is 6. The number of fused-ring (bicyclic) bond motifs is 1. The minimum absolute atomic E-state index is 0.0136. The summed E-state index contributed by atoms with van der Waals surface area (Å²) in [5, 5.41) is 16.7. The molecule has 7 amide bonds. The molecule has 4 aromatic rings. The van der Waals surface area contributed by atoms with Crippen molar-refractivity contribution in [3.63, 3.8) is 0 Å². The molecule has 2 fully saturated rings. The van der Waals surface area contributed by atoms with Crippen LogP contribution in [-0.4, -0.2) is 180 Å². The number of sulfone groups is 1. The van der Waals surface area contributed by atoms with E-state index in [4.69, 9.17) is 40.0 Å². The maximum Gasteiger partial charge on any atom is 0.317 e. The second-order valence-corrected chi connectivity index (χ2v) is 22.9. The quantitative estimate of drug-likeness (QED) is 0.0268. The molecular formula is C56H73ClN10O14S. The Morgan fingerprint density at radius 1 is 0.756 bits per heavy atom. The molecule has 3 aliphatic heterocycles. The lowest BCUT2D eigenvalue weighted by Crippen LogP contribution is -2.54.